The zero-order valence-electron chi connectivity index (χ0n) is 12.1. The van der Waals surface area contributed by atoms with Crippen molar-refractivity contribution in [2.75, 3.05) is 39.3 Å². The van der Waals surface area contributed by atoms with Gasteiger partial charge in [0.25, 0.3) is 0 Å². The van der Waals surface area contributed by atoms with E-state index in [-0.39, 0.29) is 6.04 Å². The highest BCUT2D eigenvalue weighted by atomic mass is 35.5. The van der Waals surface area contributed by atoms with E-state index in [1.807, 2.05) is 18.5 Å². The summed E-state index contributed by atoms with van der Waals surface area (Å²) in [6, 6.07) is 0.131. The van der Waals surface area contributed by atoms with Crippen LogP contribution in [0.2, 0.25) is 5.15 Å². The Morgan fingerprint density at radius 1 is 1.32 bits per heavy atom. The molecular formula is C13H24ClN5. The van der Waals surface area contributed by atoms with Gasteiger partial charge < -0.3 is 15.2 Å². The Balaban J connectivity index is 2.14. The molecule has 0 amide bonds. The summed E-state index contributed by atoms with van der Waals surface area (Å²) < 4.78 is 1.92. The minimum atomic E-state index is 0.131. The molecule has 0 radical (unpaired) electrons. The van der Waals surface area contributed by atoms with Crippen LogP contribution in [0.3, 0.4) is 0 Å². The number of halogens is 1. The van der Waals surface area contributed by atoms with Crippen LogP contribution < -0.4 is 5.73 Å². The first-order valence-corrected chi connectivity index (χ1v) is 7.31. The molecule has 0 bridgehead atoms. The number of piperazine rings is 1. The van der Waals surface area contributed by atoms with Gasteiger partial charge in [0.1, 0.15) is 11.0 Å². The molecular weight excluding hydrogens is 262 g/mol. The highest BCUT2D eigenvalue weighted by molar-refractivity contribution is 6.30. The van der Waals surface area contributed by atoms with Crippen LogP contribution >= 0.6 is 11.6 Å². The first kappa shape index (κ1) is 14.8. The number of aromatic nitrogens is 2. The van der Waals surface area contributed by atoms with Crippen molar-refractivity contribution in [3.05, 3.63) is 16.7 Å². The molecule has 1 aliphatic rings. The first-order chi connectivity index (χ1) is 9.08. The van der Waals surface area contributed by atoms with Crippen LogP contribution in [0.25, 0.3) is 0 Å². The molecule has 0 saturated carbocycles. The van der Waals surface area contributed by atoms with Gasteiger partial charge in [0.2, 0.25) is 0 Å². The van der Waals surface area contributed by atoms with E-state index in [1.54, 1.807) is 0 Å². The summed E-state index contributed by atoms with van der Waals surface area (Å²) in [6.07, 6.45) is 0. The van der Waals surface area contributed by atoms with Crippen molar-refractivity contribution in [1.29, 1.82) is 0 Å². The Morgan fingerprint density at radius 3 is 2.37 bits per heavy atom. The van der Waals surface area contributed by atoms with E-state index >= 15 is 0 Å². The summed E-state index contributed by atoms with van der Waals surface area (Å²) in [5.74, 6) is 0.936. The van der Waals surface area contributed by atoms with Gasteiger partial charge in [0, 0.05) is 39.8 Å². The average molecular weight is 286 g/mol. The van der Waals surface area contributed by atoms with Crippen molar-refractivity contribution >= 4 is 11.6 Å². The van der Waals surface area contributed by atoms with Gasteiger partial charge in [-0.2, -0.15) is 0 Å². The second-order valence-electron chi connectivity index (χ2n) is 5.12. The molecule has 0 aromatic carbocycles. The minimum Gasteiger partial charge on any atom is -0.329 e. The second kappa shape index (κ2) is 6.22. The molecule has 1 atom stereocenters. The number of hydrogen-bond acceptors (Lipinski definition) is 4. The molecule has 1 fully saturated rings. The molecule has 1 unspecified atom stereocenters. The predicted molar refractivity (Wildman–Crippen MR) is 78.4 cm³/mol. The Morgan fingerprint density at radius 2 is 1.95 bits per heavy atom. The predicted octanol–water partition coefficient (Wildman–Crippen LogP) is 1.02. The van der Waals surface area contributed by atoms with Crippen molar-refractivity contribution in [3.8, 4) is 0 Å². The van der Waals surface area contributed by atoms with E-state index in [2.05, 4.69) is 21.7 Å². The molecule has 2 N–H and O–H groups in total. The number of rotatable bonds is 4. The number of aryl methyl sites for hydroxylation is 1. The van der Waals surface area contributed by atoms with Crippen molar-refractivity contribution in [2.45, 2.75) is 19.9 Å². The van der Waals surface area contributed by atoms with Gasteiger partial charge in [-0.1, -0.05) is 18.5 Å². The summed E-state index contributed by atoms with van der Waals surface area (Å²) >= 11 is 6.37. The maximum Gasteiger partial charge on any atom is 0.133 e. The Hall–Kier alpha value is -0.620. The van der Waals surface area contributed by atoms with Crippen molar-refractivity contribution < 1.29 is 0 Å². The van der Waals surface area contributed by atoms with E-state index in [9.17, 15) is 0 Å². The van der Waals surface area contributed by atoms with Crippen LogP contribution in [0.4, 0.5) is 0 Å². The lowest BCUT2D eigenvalue weighted by Gasteiger charge is -2.38. The fourth-order valence-corrected chi connectivity index (χ4v) is 2.94. The normalized spacial score (nSPS) is 19.8. The standard InChI is InChI=1S/C13H24ClN5/c1-4-18-5-7-19(8-6-18)11(9-15)12-13(14)17(3)10(2)16-12/h11H,4-9,15H2,1-3H3. The van der Waals surface area contributed by atoms with Crippen LogP contribution in [0, 0.1) is 6.92 Å². The van der Waals surface area contributed by atoms with Crippen molar-refractivity contribution in [1.82, 2.24) is 19.4 Å². The van der Waals surface area contributed by atoms with Crippen molar-refractivity contribution in [3.63, 3.8) is 0 Å². The first-order valence-electron chi connectivity index (χ1n) is 6.93. The lowest BCUT2D eigenvalue weighted by molar-refractivity contribution is 0.100. The third-order valence-corrected chi connectivity index (χ3v) is 4.55. The molecule has 1 aromatic rings. The van der Waals surface area contributed by atoms with Gasteiger partial charge in [-0.05, 0) is 13.5 Å². The highest BCUT2D eigenvalue weighted by Crippen LogP contribution is 2.27. The van der Waals surface area contributed by atoms with Gasteiger partial charge in [-0.3, -0.25) is 4.90 Å². The van der Waals surface area contributed by atoms with Gasteiger partial charge in [0.15, 0.2) is 0 Å². The molecule has 2 heterocycles. The highest BCUT2D eigenvalue weighted by Gasteiger charge is 2.27. The zero-order chi connectivity index (χ0) is 14.0. The third kappa shape index (κ3) is 2.94. The van der Waals surface area contributed by atoms with Gasteiger partial charge in [-0.25, -0.2) is 4.98 Å². The van der Waals surface area contributed by atoms with E-state index in [0.29, 0.717) is 11.7 Å². The Labute approximate surface area is 120 Å². The molecule has 1 aliphatic heterocycles. The van der Waals surface area contributed by atoms with Crippen LogP contribution in [-0.2, 0) is 7.05 Å². The summed E-state index contributed by atoms with van der Waals surface area (Å²) in [7, 11) is 1.94. The molecule has 5 nitrogen and oxygen atoms in total. The average Bonchev–Trinajstić information content (AvgIpc) is 2.68. The van der Waals surface area contributed by atoms with E-state index in [4.69, 9.17) is 17.3 Å². The zero-order valence-corrected chi connectivity index (χ0v) is 12.8. The van der Waals surface area contributed by atoms with Gasteiger partial charge in [-0.15, -0.1) is 0 Å². The molecule has 0 spiro atoms. The number of likely N-dealkylation sites (N-methyl/N-ethyl adjacent to an activating group) is 1. The topological polar surface area (TPSA) is 50.3 Å². The van der Waals surface area contributed by atoms with Crippen LogP contribution in [0.15, 0.2) is 0 Å². The van der Waals surface area contributed by atoms with Crippen LogP contribution in [-0.4, -0.2) is 58.6 Å². The lowest BCUT2D eigenvalue weighted by atomic mass is 10.1. The molecule has 19 heavy (non-hydrogen) atoms. The quantitative estimate of drug-likeness (QED) is 0.897. The Bertz CT molecular complexity index is 423. The van der Waals surface area contributed by atoms with E-state index in [0.717, 1.165) is 44.2 Å². The second-order valence-corrected chi connectivity index (χ2v) is 5.47. The molecule has 1 saturated heterocycles. The third-order valence-electron chi connectivity index (χ3n) is 4.11. The van der Waals surface area contributed by atoms with Crippen LogP contribution in [0.1, 0.15) is 24.5 Å². The number of nitrogens with two attached hydrogens (primary N) is 1. The lowest BCUT2D eigenvalue weighted by Crippen LogP contribution is -2.48. The molecule has 1 aromatic heterocycles. The number of hydrogen-bond donors (Lipinski definition) is 1. The monoisotopic (exact) mass is 285 g/mol. The van der Waals surface area contributed by atoms with Gasteiger partial charge >= 0.3 is 0 Å². The fraction of sp³-hybridized carbons (Fsp3) is 0.769. The Kier molecular flexibility index (Phi) is 4.84. The summed E-state index contributed by atoms with van der Waals surface area (Å²) in [6.45, 7) is 10.1. The molecule has 6 heteroatoms. The summed E-state index contributed by atoms with van der Waals surface area (Å²) in [5, 5.41) is 0.714. The smallest absolute Gasteiger partial charge is 0.133 e. The van der Waals surface area contributed by atoms with E-state index < -0.39 is 0 Å². The summed E-state index contributed by atoms with van der Waals surface area (Å²) in [5.41, 5.74) is 6.89. The summed E-state index contributed by atoms with van der Waals surface area (Å²) in [4.78, 5) is 9.45. The molecule has 108 valence electrons. The van der Waals surface area contributed by atoms with Crippen molar-refractivity contribution in [2.24, 2.45) is 12.8 Å². The number of nitrogens with zero attached hydrogens (tertiary/aromatic N) is 4. The largest absolute Gasteiger partial charge is 0.329 e. The SMILES string of the molecule is CCN1CCN(C(CN)c2nc(C)n(C)c2Cl)CC1. The van der Waals surface area contributed by atoms with Gasteiger partial charge in [0.05, 0.1) is 11.7 Å². The fourth-order valence-electron chi connectivity index (χ4n) is 2.65. The van der Waals surface area contributed by atoms with E-state index in [1.165, 1.54) is 0 Å². The maximum absolute atomic E-state index is 6.37. The molecule has 0 aliphatic carbocycles. The number of imidazole rings is 1. The van der Waals surface area contributed by atoms with Crippen LogP contribution in [0.5, 0.6) is 0 Å². The maximum atomic E-state index is 6.37. The minimum absolute atomic E-state index is 0.131. The molecule has 2 rings (SSSR count).